The van der Waals surface area contributed by atoms with E-state index in [9.17, 15) is 0 Å². The smallest absolute Gasteiger partial charge is 0.0650 e. The van der Waals surface area contributed by atoms with Crippen molar-refractivity contribution in [1.82, 2.24) is 0 Å². The second-order valence-corrected chi connectivity index (χ2v) is 4.47. The fraction of sp³-hybridized carbons (Fsp3) is 0.500. The average molecular weight is 191 g/mol. The van der Waals surface area contributed by atoms with Crippen molar-refractivity contribution in [3.63, 3.8) is 0 Å². The zero-order valence-electron chi connectivity index (χ0n) is 8.53. The minimum atomic E-state index is -0.609. The zero-order valence-corrected chi connectivity index (χ0v) is 8.53. The summed E-state index contributed by atoms with van der Waals surface area (Å²) in [6.07, 6.45) is 2.64. The first kappa shape index (κ1) is 9.69. The lowest BCUT2D eigenvalue weighted by Gasteiger charge is -2.22. The van der Waals surface area contributed by atoms with E-state index in [0.29, 0.717) is 0 Å². The van der Waals surface area contributed by atoms with Crippen molar-refractivity contribution in [3.8, 4) is 0 Å². The molecule has 0 radical (unpaired) electrons. The molecule has 14 heavy (non-hydrogen) atoms. The number of hydrogen-bond acceptors (Lipinski definition) is 2. The standard InChI is InChI=1S/C12H17NO/c1-12(13,8-14)11-6-4-10(5-7-11)9-2-3-9/h4-7,9,14H,2-3,8,13H2,1H3. The van der Waals surface area contributed by atoms with Crippen LogP contribution in [0.5, 0.6) is 0 Å². The van der Waals surface area contributed by atoms with Gasteiger partial charge in [0.2, 0.25) is 0 Å². The van der Waals surface area contributed by atoms with Gasteiger partial charge in [-0.1, -0.05) is 24.3 Å². The summed E-state index contributed by atoms with van der Waals surface area (Å²) in [4.78, 5) is 0. The van der Waals surface area contributed by atoms with E-state index in [-0.39, 0.29) is 6.61 Å². The van der Waals surface area contributed by atoms with Crippen LogP contribution in [0.2, 0.25) is 0 Å². The van der Waals surface area contributed by atoms with Crippen molar-refractivity contribution in [3.05, 3.63) is 35.4 Å². The summed E-state index contributed by atoms with van der Waals surface area (Å²) in [6.45, 7) is 1.83. The van der Waals surface area contributed by atoms with Crippen LogP contribution in [-0.2, 0) is 5.54 Å². The Labute approximate surface area is 84.7 Å². The highest BCUT2D eigenvalue weighted by Gasteiger charge is 2.24. The van der Waals surface area contributed by atoms with Crippen molar-refractivity contribution in [1.29, 1.82) is 0 Å². The number of hydrogen-bond donors (Lipinski definition) is 2. The molecule has 2 nitrogen and oxygen atoms in total. The molecule has 76 valence electrons. The third-order valence-corrected chi connectivity index (χ3v) is 2.95. The Bertz CT molecular complexity index is 312. The van der Waals surface area contributed by atoms with E-state index in [1.54, 1.807) is 0 Å². The molecular weight excluding hydrogens is 174 g/mol. The Kier molecular flexibility index (Phi) is 2.33. The van der Waals surface area contributed by atoms with Gasteiger partial charge >= 0.3 is 0 Å². The molecule has 0 aliphatic heterocycles. The third kappa shape index (κ3) is 1.81. The first-order valence-corrected chi connectivity index (χ1v) is 5.13. The van der Waals surface area contributed by atoms with Gasteiger partial charge < -0.3 is 10.8 Å². The molecule has 2 heteroatoms. The van der Waals surface area contributed by atoms with Gasteiger partial charge in [0, 0.05) is 0 Å². The quantitative estimate of drug-likeness (QED) is 0.764. The summed E-state index contributed by atoms with van der Waals surface area (Å²) in [5, 5.41) is 9.11. The van der Waals surface area contributed by atoms with Crippen LogP contribution < -0.4 is 5.73 Å². The van der Waals surface area contributed by atoms with Gasteiger partial charge in [0.05, 0.1) is 12.1 Å². The number of benzene rings is 1. The first-order valence-electron chi connectivity index (χ1n) is 5.13. The highest BCUT2D eigenvalue weighted by molar-refractivity contribution is 5.31. The topological polar surface area (TPSA) is 46.2 Å². The van der Waals surface area contributed by atoms with Crippen molar-refractivity contribution in [2.45, 2.75) is 31.2 Å². The Morgan fingerprint density at radius 2 is 1.93 bits per heavy atom. The average Bonchev–Trinajstić information content (AvgIpc) is 3.01. The molecule has 3 N–H and O–H groups in total. The largest absolute Gasteiger partial charge is 0.394 e. The molecule has 1 atom stereocenters. The number of aliphatic hydroxyl groups is 1. The number of nitrogens with two attached hydrogens (primary N) is 1. The van der Waals surface area contributed by atoms with E-state index in [1.165, 1.54) is 18.4 Å². The van der Waals surface area contributed by atoms with Crippen molar-refractivity contribution in [2.75, 3.05) is 6.61 Å². The summed E-state index contributed by atoms with van der Waals surface area (Å²) >= 11 is 0. The van der Waals surface area contributed by atoms with E-state index < -0.39 is 5.54 Å². The molecule has 0 bridgehead atoms. The molecule has 0 amide bonds. The Morgan fingerprint density at radius 3 is 2.36 bits per heavy atom. The maximum absolute atomic E-state index is 9.11. The third-order valence-electron chi connectivity index (χ3n) is 2.95. The Balaban J connectivity index is 2.20. The maximum atomic E-state index is 9.11. The van der Waals surface area contributed by atoms with Gasteiger partial charge in [-0.15, -0.1) is 0 Å². The van der Waals surface area contributed by atoms with Gasteiger partial charge in [-0.3, -0.25) is 0 Å². The molecule has 0 spiro atoms. The van der Waals surface area contributed by atoms with Crippen molar-refractivity contribution >= 4 is 0 Å². The summed E-state index contributed by atoms with van der Waals surface area (Å²) < 4.78 is 0. The lowest BCUT2D eigenvalue weighted by Crippen LogP contribution is -2.36. The summed E-state index contributed by atoms with van der Waals surface area (Å²) in [6, 6.07) is 8.33. The predicted octanol–water partition coefficient (Wildman–Crippen LogP) is 1.73. The van der Waals surface area contributed by atoms with Crippen LogP contribution in [0.3, 0.4) is 0 Å². The maximum Gasteiger partial charge on any atom is 0.0650 e. The molecule has 1 unspecified atom stereocenters. The summed E-state index contributed by atoms with van der Waals surface area (Å²) in [7, 11) is 0. The molecule has 1 aromatic rings. The lowest BCUT2D eigenvalue weighted by molar-refractivity contribution is 0.210. The zero-order chi connectivity index (χ0) is 10.2. The normalized spacial score (nSPS) is 20.5. The second-order valence-electron chi connectivity index (χ2n) is 4.47. The SMILES string of the molecule is CC(N)(CO)c1ccc(C2CC2)cc1. The van der Waals surface area contributed by atoms with Gasteiger partial charge in [-0.25, -0.2) is 0 Å². The molecule has 0 heterocycles. The molecule has 1 aromatic carbocycles. The van der Waals surface area contributed by atoms with Crippen LogP contribution in [0.25, 0.3) is 0 Å². The van der Waals surface area contributed by atoms with Crippen LogP contribution in [-0.4, -0.2) is 11.7 Å². The van der Waals surface area contributed by atoms with Crippen LogP contribution >= 0.6 is 0 Å². The Hall–Kier alpha value is -0.860. The number of aliphatic hydroxyl groups excluding tert-OH is 1. The minimum Gasteiger partial charge on any atom is -0.394 e. The highest BCUT2D eigenvalue weighted by atomic mass is 16.3. The second kappa shape index (κ2) is 3.37. The van der Waals surface area contributed by atoms with Crippen molar-refractivity contribution < 1.29 is 5.11 Å². The molecule has 1 fully saturated rings. The van der Waals surface area contributed by atoms with Crippen LogP contribution in [0.15, 0.2) is 24.3 Å². The molecule has 2 rings (SSSR count). The van der Waals surface area contributed by atoms with Crippen LogP contribution in [0, 0.1) is 0 Å². The van der Waals surface area contributed by atoms with Gasteiger partial charge in [0.15, 0.2) is 0 Å². The van der Waals surface area contributed by atoms with E-state index in [2.05, 4.69) is 12.1 Å². The molecule has 0 aromatic heterocycles. The minimum absolute atomic E-state index is 0.0181. The molecule has 1 aliphatic carbocycles. The van der Waals surface area contributed by atoms with Crippen LogP contribution in [0.4, 0.5) is 0 Å². The van der Waals surface area contributed by atoms with E-state index in [4.69, 9.17) is 10.8 Å². The van der Waals surface area contributed by atoms with E-state index >= 15 is 0 Å². The fourth-order valence-corrected chi connectivity index (χ4v) is 1.64. The molecule has 1 saturated carbocycles. The van der Waals surface area contributed by atoms with Gasteiger partial charge in [0.1, 0.15) is 0 Å². The predicted molar refractivity (Wildman–Crippen MR) is 57.0 cm³/mol. The Morgan fingerprint density at radius 1 is 1.36 bits per heavy atom. The summed E-state index contributed by atoms with van der Waals surface area (Å²) in [5.74, 6) is 0.780. The fourth-order valence-electron chi connectivity index (χ4n) is 1.64. The highest BCUT2D eigenvalue weighted by Crippen LogP contribution is 2.40. The van der Waals surface area contributed by atoms with E-state index in [0.717, 1.165) is 11.5 Å². The van der Waals surface area contributed by atoms with Gasteiger partial charge in [-0.2, -0.15) is 0 Å². The van der Waals surface area contributed by atoms with Crippen molar-refractivity contribution in [2.24, 2.45) is 5.73 Å². The summed E-state index contributed by atoms with van der Waals surface area (Å²) in [5.41, 5.74) is 7.73. The molecule has 0 saturated heterocycles. The van der Waals surface area contributed by atoms with E-state index in [1.807, 2.05) is 19.1 Å². The monoisotopic (exact) mass is 191 g/mol. The first-order chi connectivity index (χ1) is 6.63. The molecular formula is C12H17NO. The van der Waals surface area contributed by atoms with Gasteiger partial charge in [0.25, 0.3) is 0 Å². The number of rotatable bonds is 3. The van der Waals surface area contributed by atoms with Gasteiger partial charge in [-0.05, 0) is 36.8 Å². The lowest BCUT2D eigenvalue weighted by atomic mass is 9.93. The molecule has 1 aliphatic rings. The van der Waals surface area contributed by atoms with Crippen LogP contribution in [0.1, 0.15) is 36.8 Å².